The Morgan fingerprint density at radius 1 is 1.18 bits per heavy atom. The molecule has 0 aliphatic heterocycles. The van der Waals surface area contributed by atoms with Gasteiger partial charge >= 0.3 is 0 Å². The standard InChI is InChI=1S/C24H27Cl2IN4O2/c1-30-20-14-18(25)19(26)15-21(20)31(12-4-2-3-5-23(33)29-11-10-28)24(30)9-6-16-13-17(27)7-8-22(16)32/h6-9,13-15H,2-5,10-12,28H2,1H3,(H,29,33)/p+1. The Morgan fingerprint density at radius 2 is 1.94 bits per heavy atom. The second kappa shape index (κ2) is 12.1. The van der Waals surface area contributed by atoms with E-state index in [1.807, 2.05) is 43.5 Å². The van der Waals surface area contributed by atoms with E-state index >= 15 is 0 Å². The van der Waals surface area contributed by atoms with Gasteiger partial charge < -0.3 is 16.2 Å². The van der Waals surface area contributed by atoms with Gasteiger partial charge in [0.05, 0.1) is 23.6 Å². The Hall–Kier alpha value is -1.81. The zero-order valence-electron chi connectivity index (χ0n) is 18.5. The van der Waals surface area contributed by atoms with E-state index in [2.05, 4.69) is 37.0 Å². The summed E-state index contributed by atoms with van der Waals surface area (Å²) in [5.41, 5.74) is 8.12. The second-order valence-corrected chi connectivity index (χ2v) is 9.87. The molecular weight excluding hydrogens is 574 g/mol. The van der Waals surface area contributed by atoms with E-state index in [1.165, 1.54) is 0 Å². The molecule has 0 aliphatic carbocycles. The molecule has 3 rings (SSSR count). The molecular formula is C24H28Cl2IN4O2+. The third kappa shape index (κ3) is 6.62. The monoisotopic (exact) mass is 601 g/mol. The summed E-state index contributed by atoms with van der Waals surface area (Å²) < 4.78 is 5.32. The Kier molecular flexibility index (Phi) is 9.43. The topological polar surface area (TPSA) is 84.2 Å². The van der Waals surface area contributed by atoms with Crippen molar-refractivity contribution in [3.05, 3.63) is 55.3 Å². The number of aryl methyl sites for hydroxylation is 2. The Balaban J connectivity index is 1.84. The highest BCUT2D eigenvalue weighted by atomic mass is 127. The fraction of sp³-hybridized carbons (Fsp3) is 0.333. The fourth-order valence-corrected chi connectivity index (χ4v) is 4.56. The molecule has 9 heteroatoms. The van der Waals surface area contributed by atoms with Crippen LogP contribution in [-0.4, -0.2) is 28.7 Å². The summed E-state index contributed by atoms with van der Waals surface area (Å²) in [6.45, 7) is 1.73. The van der Waals surface area contributed by atoms with E-state index in [-0.39, 0.29) is 11.7 Å². The van der Waals surface area contributed by atoms with Gasteiger partial charge in [0.1, 0.15) is 5.75 Å². The maximum Gasteiger partial charge on any atom is 0.282 e. The minimum absolute atomic E-state index is 0.0422. The van der Waals surface area contributed by atoms with Crippen molar-refractivity contribution in [1.29, 1.82) is 0 Å². The second-order valence-electron chi connectivity index (χ2n) is 7.81. The Morgan fingerprint density at radius 3 is 2.70 bits per heavy atom. The molecule has 0 radical (unpaired) electrons. The molecule has 6 nitrogen and oxygen atoms in total. The van der Waals surface area contributed by atoms with Crippen molar-refractivity contribution in [1.82, 2.24) is 9.88 Å². The number of phenols is 1. The number of carbonyl (C=O) groups is 1. The fourth-order valence-electron chi connectivity index (χ4n) is 3.73. The molecule has 4 N–H and O–H groups in total. The van der Waals surface area contributed by atoms with Crippen LogP contribution < -0.4 is 15.6 Å². The molecule has 1 aromatic heterocycles. The lowest BCUT2D eigenvalue weighted by atomic mass is 10.1. The molecule has 0 atom stereocenters. The molecule has 33 heavy (non-hydrogen) atoms. The number of carbonyl (C=O) groups excluding carboxylic acids is 1. The van der Waals surface area contributed by atoms with Gasteiger partial charge in [-0.05, 0) is 66.1 Å². The lowest BCUT2D eigenvalue weighted by Crippen LogP contribution is -2.31. The van der Waals surface area contributed by atoms with Crippen molar-refractivity contribution in [3.63, 3.8) is 0 Å². The first-order chi connectivity index (χ1) is 15.8. The number of imidazole rings is 1. The number of fused-ring (bicyclic) bond motifs is 1. The van der Waals surface area contributed by atoms with E-state index in [0.29, 0.717) is 29.6 Å². The highest BCUT2D eigenvalue weighted by molar-refractivity contribution is 14.1. The van der Waals surface area contributed by atoms with Crippen molar-refractivity contribution in [2.45, 2.75) is 32.2 Å². The number of benzene rings is 2. The molecule has 0 spiro atoms. The molecule has 0 unspecified atom stereocenters. The third-order valence-corrected chi connectivity index (χ3v) is 6.84. The number of rotatable bonds is 10. The quantitative estimate of drug-likeness (QED) is 0.176. The van der Waals surface area contributed by atoms with Gasteiger partial charge in [0.2, 0.25) is 5.91 Å². The Bertz CT molecular complexity index is 1180. The SMILES string of the molecule is C[n+]1c(/C=C/c2cc(I)ccc2O)n(CCCCCC(=O)NCCN)c2cc(Cl)c(Cl)cc21. The average Bonchev–Trinajstić information content (AvgIpc) is 3.03. The molecule has 0 bridgehead atoms. The third-order valence-electron chi connectivity index (χ3n) is 5.44. The van der Waals surface area contributed by atoms with Crippen LogP contribution in [0.1, 0.15) is 37.1 Å². The minimum Gasteiger partial charge on any atom is -0.507 e. The highest BCUT2D eigenvalue weighted by Gasteiger charge is 2.22. The van der Waals surface area contributed by atoms with Gasteiger partial charge in [-0.25, -0.2) is 9.13 Å². The first-order valence-electron chi connectivity index (χ1n) is 10.8. The predicted molar refractivity (Wildman–Crippen MR) is 143 cm³/mol. The molecule has 0 fully saturated rings. The summed E-state index contributed by atoms with van der Waals surface area (Å²) in [6, 6.07) is 9.26. The lowest BCUT2D eigenvalue weighted by molar-refractivity contribution is -0.647. The molecule has 0 saturated heterocycles. The summed E-state index contributed by atoms with van der Waals surface area (Å²) in [4.78, 5) is 11.8. The molecule has 3 aromatic rings. The van der Waals surface area contributed by atoms with Gasteiger partial charge in [-0.3, -0.25) is 4.79 Å². The van der Waals surface area contributed by atoms with Crippen molar-refractivity contribution < 1.29 is 14.5 Å². The maximum absolute atomic E-state index is 11.8. The van der Waals surface area contributed by atoms with E-state index < -0.39 is 0 Å². The largest absolute Gasteiger partial charge is 0.507 e. The molecule has 0 saturated carbocycles. The van der Waals surface area contributed by atoms with Crippen molar-refractivity contribution in [2.24, 2.45) is 12.8 Å². The zero-order valence-corrected chi connectivity index (χ0v) is 22.1. The molecule has 0 aliphatic rings. The molecule has 1 heterocycles. The van der Waals surface area contributed by atoms with E-state index in [4.69, 9.17) is 28.9 Å². The smallest absolute Gasteiger partial charge is 0.282 e. The van der Waals surface area contributed by atoms with Crippen LogP contribution in [-0.2, 0) is 18.4 Å². The van der Waals surface area contributed by atoms with Gasteiger partial charge in [-0.2, -0.15) is 0 Å². The van der Waals surface area contributed by atoms with Crippen LogP contribution in [0, 0.1) is 3.57 Å². The van der Waals surface area contributed by atoms with Gasteiger partial charge in [0.15, 0.2) is 11.0 Å². The van der Waals surface area contributed by atoms with Crippen LogP contribution in [0.2, 0.25) is 10.0 Å². The van der Waals surface area contributed by atoms with E-state index in [1.54, 1.807) is 6.07 Å². The number of nitrogens with two attached hydrogens (primary N) is 1. The summed E-state index contributed by atoms with van der Waals surface area (Å²) in [7, 11) is 1.99. The van der Waals surface area contributed by atoms with E-state index in [0.717, 1.165) is 51.8 Å². The summed E-state index contributed by atoms with van der Waals surface area (Å²) in [6.07, 6.45) is 7.04. The lowest BCUT2D eigenvalue weighted by Gasteiger charge is -2.04. The number of amides is 1. The Labute approximate surface area is 217 Å². The van der Waals surface area contributed by atoms with Gasteiger partial charge in [0.25, 0.3) is 5.82 Å². The number of phenolic OH excluding ortho intramolecular Hbond substituents is 1. The van der Waals surface area contributed by atoms with Crippen LogP contribution >= 0.6 is 45.8 Å². The number of hydrogen-bond acceptors (Lipinski definition) is 3. The minimum atomic E-state index is 0.0422. The maximum atomic E-state index is 11.8. The molecule has 1 amide bonds. The zero-order chi connectivity index (χ0) is 24.0. The van der Waals surface area contributed by atoms with Gasteiger partial charge in [0, 0.05) is 46.9 Å². The number of aromatic nitrogens is 2. The summed E-state index contributed by atoms with van der Waals surface area (Å²) in [5.74, 6) is 1.24. The first kappa shape index (κ1) is 25.8. The number of unbranched alkanes of at least 4 members (excludes halogenated alkanes) is 2. The first-order valence-corrected chi connectivity index (χ1v) is 12.7. The average molecular weight is 602 g/mol. The van der Waals surface area contributed by atoms with E-state index in [9.17, 15) is 9.90 Å². The summed E-state index contributed by atoms with van der Waals surface area (Å²) >= 11 is 14.9. The number of aromatic hydroxyl groups is 1. The molecule has 2 aromatic carbocycles. The highest BCUT2D eigenvalue weighted by Crippen LogP contribution is 2.29. The number of nitrogens with zero attached hydrogens (tertiary/aromatic N) is 2. The van der Waals surface area contributed by atoms with Crippen LogP contribution in [0.3, 0.4) is 0 Å². The van der Waals surface area contributed by atoms with Gasteiger partial charge in [-0.1, -0.05) is 23.2 Å². The van der Waals surface area contributed by atoms with Crippen molar-refractivity contribution >= 4 is 74.9 Å². The van der Waals surface area contributed by atoms with Crippen LogP contribution in [0.25, 0.3) is 23.2 Å². The predicted octanol–water partition coefficient (Wildman–Crippen LogP) is 4.89. The normalized spacial score (nSPS) is 11.5. The number of halogens is 3. The van der Waals surface area contributed by atoms with Crippen molar-refractivity contribution in [3.8, 4) is 5.75 Å². The van der Waals surface area contributed by atoms with Crippen LogP contribution in [0.4, 0.5) is 0 Å². The number of nitrogens with one attached hydrogen (secondary N) is 1. The van der Waals surface area contributed by atoms with Crippen LogP contribution in [0.5, 0.6) is 5.75 Å². The van der Waals surface area contributed by atoms with Crippen LogP contribution in [0.15, 0.2) is 30.3 Å². The number of hydrogen-bond donors (Lipinski definition) is 3. The molecule has 176 valence electrons. The van der Waals surface area contributed by atoms with Gasteiger partial charge in [-0.15, -0.1) is 0 Å². The van der Waals surface area contributed by atoms with Crippen molar-refractivity contribution in [2.75, 3.05) is 13.1 Å². The summed E-state index contributed by atoms with van der Waals surface area (Å²) in [5, 5.41) is 14.0.